The molecule has 9 heteroatoms. The van der Waals surface area contributed by atoms with E-state index in [0.29, 0.717) is 17.5 Å². The molecular formula is C33H27N7O2. The van der Waals surface area contributed by atoms with Gasteiger partial charge in [-0.05, 0) is 73.9 Å². The van der Waals surface area contributed by atoms with Gasteiger partial charge >= 0.3 is 0 Å². The summed E-state index contributed by atoms with van der Waals surface area (Å²) in [6.45, 7) is 6.08. The normalized spacial score (nSPS) is 15.2. The fourth-order valence-electron chi connectivity index (χ4n) is 5.85. The van der Waals surface area contributed by atoms with Crippen LogP contribution in [0.5, 0.6) is 0 Å². The lowest BCUT2D eigenvalue weighted by molar-refractivity contribution is -0.384. The minimum atomic E-state index is -0.447. The van der Waals surface area contributed by atoms with Gasteiger partial charge in [0.05, 0.1) is 33.7 Å². The molecule has 1 N–H and O–H groups in total. The van der Waals surface area contributed by atoms with E-state index in [9.17, 15) is 10.1 Å². The number of fused-ring (bicyclic) bond motifs is 4. The van der Waals surface area contributed by atoms with Crippen LogP contribution in [0.15, 0.2) is 107 Å². The number of rotatable bonds is 4. The first-order valence-corrected chi connectivity index (χ1v) is 13.7. The zero-order valence-electron chi connectivity index (χ0n) is 23.3. The van der Waals surface area contributed by atoms with Crippen LogP contribution in [0.2, 0.25) is 0 Å². The summed E-state index contributed by atoms with van der Waals surface area (Å²) in [5.41, 5.74) is 8.12. The number of para-hydroxylation sites is 3. The van der Waals surface area contributed by atoms with Gasteiger partial charge in [-0.2, -0.15) is 5.10 Å². The third-order valence-electron chi connectivity index (χ3n) is 7.52. The molecule has 2 aliphatic rings. The van der Waals surface area contributed by atoms with Gasteiger partial charge in [-0.3, -0.25) is 10.1 Å². The lowest BCUT2D eigenvalue weighted by atomic mass is 9.93. The van der Waals surface area contributed by atoms with Crippen molar-refractivity contribution < 1.29 is 4.92 Å². The molecule has 0 saturated carbocycles. The molecule has 2 aliphatic heterocycles. The summed E-state index contributed by atoms with van der Waals surface area (Å²) in [7, 11) is 0. The number of non-ortho nitro benzene ring substituents is 1. The molecule has 42 heavy (non-hydrogen) atoms. The number of amidine groups is 2. The SMILES string of the molecule is Cc1cc(C)cc(NC2=Nc3ccccc3N3C2=Nc2c(c(C)nn2-c2ccccc2)C3c2cccc([N+](=O)[O-])c2)c1. The van der Waals surface area contributed by atoms with Gasteiger partial charge in [-0.1, -0.05) is 48.5 Å². The Kier molecular flexibility index (Phi) is 5.93. The minimum Gasteiger partial charge on any atom is -0.337 e. The topological polar surface area (TPSA) is 101 Å². The Morgan fingerprint density at radius 1 is 0.833 bits per heavy atom. The minimum absolute atomic E-state index is 0.0266. The summed E-state index contributed by atoms with van der Waals surface area (Å²) in [6.07, 6.45) is 0. The lowest BCUT2D eigenvalue weighted by Gasteiger charge is -2.40. The van der Waals surface area contributed by atoms with Crippen LogP contribution in [-0.2, 0) is 0 Å². The smallest absolute Gasteiger partial charge is 0.269 e. The van der Waals surface area contributed by atoms with Gasteiger partial charge in [0.25, 0.3) is 5.69 Å². The van der Waals surface area contributed by atoms with Crippen LogP contribution >= 0.6 is 0 Å². The predicted octanol–water partition coefficient (Wildman–Crippen LogP) is 7.50. The average Bonchev–Trinajstić information content (AvgIpc) is 3.32. The molecule has 9 nitrogen and oxygen atoms in total. The Hall–Kier alpha value is -5.57. The number of nitrogens with one attached hydrogen (secondary N) is 1. The van der Waals surface area contributed by atoms with Crippen molar-refractivity contribution in [1.82, 2.24) is 9.78 Å². The second-order valence-electron chi connectivity index (χ2n) is 10.6. The Labute approximate surface area is 242 Å². The third-order valence-corrected chi connectivity index (χ3v) is 7.52. The molecule has 0 spiro atoms. The van der Waals surface area contributed by atoms with E-state index in [1.807, 2.05) is 72.3 Å². The van der Waals surface area contributed by atoms with Crippen LogP contribution in [0.3, 0.4) is 0 Å². The van der Waals surface area contributed by atoms with Gasteiger partial charge in [0, 0.05) is 23.4 Å². The van der Waals surface area contributed by atoms with Gasteiger partial charge in [0.2, 0.25) is 0 Å². The van der Waals surface area contributed by atoms with Gasteiger partial charge in [-0.25, -0.2) is 14.7 Å². The molecule has 1 aromatic heterocycles. The van der Waals surface area contributed by atoms with E-state index in [-0.39, 0.29) is 10.6 Å². The molecule has 0 aliphatic carbocycles. The zero-order valence-corrected chi connectivity index (χ0v) is 23.3. The van der Waals surface area contributed by atoms with Crippen LogP contribution in [-0.4, -0.2) is 26.4 Å². The highest BCUT2D eigenvalue weighted by molar-refractivity contribution is 6.51. The van der Waals surface area contributed by atoms with E-state index in [4.69, 9.17) is 15.1 Å². The molecule has 1 unspecified atom stereocenters. The summed E-state index contributed by atoms with van der Waals surface area (Å²) in [5.74, 6) is 1.85. The highest BCUT2D eigenvalue weighted by Gasteiger charge is 2.41. The average molecular weight is 554 g/mol. The van der Waals surface area contributed by atoms with E-state index in [1.165, 1.54) is 6.07 Å². The molecule has 0 saturated heterocycles. The molecule has 5 aromatic rings. The maximum absolute atomic E-state index is 11.9. The summed E-state index contributed by atoms with van der Waals surface area (Å²) < 4.78 is 1.84. The van der Waals surface area contributed by atoms with Gasteiger partial charge in [0.1, 0.15) is 0 Å². The molecule has 206 valence electrons. The fraction of sp³-hybridized carbons (Fsp3) is 0.121. The Balaban J connectivity index is 1.51. The molecule has 4 aromatic carbocycles. The van der Waals surface area contributed by atoms with Gasteiger partial charge < -0.3 is 10.2 Å². The van der Waals surface area contributed by atoms with Gasteiger partial charge in [-0.15, -0.1) is 0 Å². The summed E-state index contributed by atoms with van der Waals surface area (Å²) in [4.78, 5) is 23.9. The third kappa shape index (κ3) is 4.23. The van der Waals surface area contributed by atoms with Gasteiger partial charge in [0.15, 0.2) is 17.5 Å². The quantitative estimate of drug-likeness (QED) is 0.183. The first-order valence-electron chi connectivity index (χ1n) is 13.7. The van der Waals surface area contributed by atoms with Crippen molar-refractivity contribution in [3.8, 4) is 5.69 Å². The highest BCUT2D eigenvalue weighted by atomic mass is 16.6. The second kappa shape index (κ2) is 9.81. The number of nitro groups is 1. The number of benzene rings is 4. The number of aliphatic imine (C=N–C) groups is 2. The predicted molar refractivity (Wildman–Crippen MR) is 166 cm³/mol. The number of hydrogen-bond donors (Lipinski definition) is 1. The molecule has 1 atom stereocenters. The maximum atomic E-state index is 11.9. The molecule has 3 heterocycles. The number of hydrogen-bond acceptors (Lipinski definition) is 7. The van der Waals surface area contributed by atoms with Crippen molar-refractivity contribution >= 4 is 40.2 Å². The second-order valence-corrected chi connectivity index (χ2v) is 10.6. The zero-order chi connectivity index (χ0) is 29.0. The van der Waals surface area contributed by atoms with Crippen LogP contribution in [0, 0.1) is 30.9 Å². The van der Waals surface area contributed by atoms with E-state index in [2.05, 4.69) is 42.3 Å². The number of nitro benzene ring substituents is 1. The van der Waals surface area contributed by atoms with Crippen molar-refractivity contribution in [1.29, 1.82) is 0 Å². The monoisotopic (exact) mass is 553 g/mol. The van der Waals surface area contributed by atoms with E-state index in [0.717, 1.165) is 50.7 Å². The Morgan fingerprint density at radius 3 is 2.33 bits per heavy atom. The first-order chi connectivity index (χ1) is 20.4. The molecular weight excluding hydrogens is 526 g/mol. The summed E-state index contributed by atoms with van der Waals surface area (Å²) in [6, 6.07) is 30.4. The standard InChI is InChI=1S/C33H27N7O2/c1-20-16-21(2)18-24(17-20)34-31-33-36-32-29(22(3)37-39(32)25-11-5-4-6-12-25)30(23-10-9-13-26(19-23)40(41)42)38(33)28-15-8-7-14-27(28)35-31/h4-19,30H,1-3H3,(H,34,35). The van der Waals surface area contributed by atoms with Crippen molar-refractivity contribution in [3.05, 3.63) is 135 Å². The Bertz CT molecular complexity index is 1920. The molecule has 0 amide bonds. The van der Waals surface area contributed by atoms with E-state index >= 15 is 0 Å². The van der Waals surface area contributed by atoms with Crippen molar-refractivity contribution in [2.75, 3.05) is 10.2 Å². The number of nitrogens with zero attached hydrogens (tertiary/aromatic N) is 6. The fourth-order valence-corrected chi connectivity index (χ4v) is 5.85. The largest absolute Gasteiger partial charge is 0.337 e. The summed E-state index contributed by atoms with van der Waals surface area (Å²) >= 11 is 0. The lowest BCUT2D eigenvalue weighted by Crippen LogP contribution is -2.46. The van der Waals surface area contributed by atoms with Crippen molar-refractivity contribution in [3.63, 3.8) is 0 Å². The molecule has 0 fully saturated rings. The molecule has 0 radical (unpaired) electrons. The van der Waals surface area contributed by atoms with Crippen LogP contribution in [0.1, 0.15) is 34.0 Å². The number of anilines is 2. The van der Waals surface area contributed by atoms with E-state index < -0.39 is 6.04 Å². The number of aryl methyl sites for hydroxylation is 3. The molecule has 0 bridgehead atoms. The molecule has 7 rings (SSSR count). The first kappa shape index (κ1) is 25.4. The highest BCUT2D eigenvalue weighted by Crippen LogP contribution is 2.48. The van der Waals surface area contributed by atoms with Crippen LogP contribution in [0.4, 0.5) is 28.6 Å². The van der Waals surface area contributed by atoms with E-state index in [1.54, 1.807) is 12.1 Å². The van der Waals surface area contributed by atoms with Crippen molar-refractivity contribution in [2.45, 2.75) is 26.8 Å². The number of aromatic nitrogens is 2. The maximum Gasteiger partial charge on any atom is 0.269 e. The van der Waals surface area contributed by atoms with Crippen LogP contribution < -0.4 is 10.2 Å². The van der Waals surface area contributed by atoms with Crippen molar-refractivity contribution in [2.24, 2.45) is 9.98 Å². The Morgan fingerprint density at radius 2 is 1.57 bits per heavy atom. The summed E-state index contributed by atoms with van der Waals surface area (Å²) in [5, 5.41) is 20.3. The van der Waals surface area contributed by atoms with Crippen LogP contribution in [0.25, 0.3) is 5.69 Å².